The molecule has 1 saturated heterocycles. The van der Waals surface area contributed by atoms with E-state index in [1.54, 1.807) is 24.0 Å². The molecule has 2 N–H and O–H groups in total. The van der Waals surface area contributed by atoms with E-state index in [9.17, 15) is 13.2 Å². The van der Waals surface area contributed by atoms with Crippen molar-refractivity contribution in [3.8, 4) is 0 Å². The number of aryl methyl sites for hydroxylation is 1. The molecule has 20 heavy (non-hydrogen) atoms. The first-order valence-electron chi connectivity index (χ1n) is 6.66. The Morgan fingerprint density at radius 2 is 2.15 bits per heavy atom. The first-order valence-corrected chi connectivity index (χ1v) is 8.55. The van der Waals surface area contributed by atoms with E-state index < -0.39 is 9.84 Å². The zero-order valence-corrected chi connectivity index (χ0v) is 12.6. The summed E-state index contributed by atoms with van der Waals surface area (Å²) in [5.74, 6) is -0.136. The van der Waals surface area contributed by atoms with Crippen LogP contribution in [0.3, 0.4) is 0 Å². The van der Waals surface area contributed by atoms with E-state index in [1.165, 1.54) is 6.07 Å². The molecule has 0 radical (unpaired) electrons. The molecule has 0 spiro atoms. The highest BCUT2D eigenvalue weighted by Gasteiger charge is 2.28. The molecule has 6 heteroatoms. The van der Waals surface area contributed by atoms with Gasteiger partial charge in [-0.05, 0) is 37.5 Å². The van der Waals surface area contributed by atoms with Crippen LogP contribution in [-0.2, 0) is 9.84 Å². The van der Waals surface area contributed by atoms with Crippen LogP contribution in [0, 0.1) is 6.92 Å². The summed E-state index contributed by atoms with van der Waals surface area (Å²) in [6.07, 6.45) is 3.01. The monoisotopic (exact) mass is 296 g/mol. The van der Waals surface area contributed by atoms with Gasteiger partial charge in [-0.3, -0.25) is 4.79 Å². The minimum atomic E-state index is -3.33. The van der Waals surface area contributed by atoms with Crippen molar-refractivity contribution in [3.05, 3.63) is 29.3 Å². The van der Waals surface area contributed by atoms with Crippen molar-refractivity contribution < 1.29 is 13.2 Å². The third-order valence-electron chi connectivity index (χ3n) is 3.74. The van der Waals surface area contributed by atoms with Crippen LogP contribution < -0.4 is 5.73 Å². The fourth-order valence-corrected chi connectivity index (χ4v) is 3.64. The molecule has 1 aromatic rings. The van der Waals surface area contributed by atoms with Crippen LogP contribution in [0.1, 0.15) is 28.8 Å². The Labute approximate surface area is 119 Å². The van der Waals surface area contributed by atoms with E-state index in [0.29, 0.717) is 24.2 Å². The first kappa shape index (κ1) is 15.0. The molecule has 1 unspecified atom stereocenters. The van der Waals surface area contributed by atoms with Crippen molar-refractivity contribution in [1.82, 2.24) is 4.90 Å². The molecule has 0 aromatic heterocycles. The Kier molecular flexibility index (Phi) is 4.15. The maximum atomic E-state index is 12.5. The highest BCUT2D eigenvalue weighted by Crippen LogP contribution is 2.22. The largest absolute Gasteiger partial charge is 0.334 e. The summed E-state index contributed by atoms with van der Waals surface area (Å²) in [5.41, 5.74) is 6.74. The number of sulfone groups is 1. The van der Waals surface area contributed by atoms with Gasteiger partial charge in [-0.15, -0.1) is 0 Å². The summed E-state index contributed by atoms with van der Waals surface area (Å²) in [7, 11) is -3.33. The molecule has 1 aliphatic heterocycles. The lowest BCUT2D eigenvalue weighted by atomic mass is 10.1. The van der Waals surface area contributed by atoms with Crippen molar-refractivity contribution in [2.75, 3.05) is 19.3 Å². The maximum Gasteiger partial charge on any atom is 0.254 e. The number of hydrogen-bond donors (Lipinski definition) is 1. The molecular formula is C14H20N2O3S. The SMILES string of the molecule is Cc1ccc(C(=O)N2CCCC2CN)cc1S(C)(=O)=O. The van der Waals surface area contributed by atoms with Crippen molar-refractivity contribution in [2.45, 2.75) is 30.7 Å². The smallest absolute Gasteiger partial charge is 0.254 e. The standard InChI is InChI=1S/C14H20N2O3S/c1-10-5-6-11(8-13(10)20(2,18)19)14(17)16-7-3-4-12(16)9-15/h5-6,8,12H,3-4,7,9,15H2,1-2H3. The van der Waals surface area contributed by atoms with Gasteiger partial charge in [0, 0.05) is 31.0 Å². The molecule has 0 saturated carbocycles. The molecule has 2 rings (SSSR count). The summed E-state index contributed by atoms with van der Waals surface area (Å²) in [5, 5.41) is 0. The van der Waals surface area contributed by atoms with Gasteiger partial charge in [0.1, 0.15) is 0 Å². The van der Waals surface area contributed by atoms with E-state index in [1.807, 2.05) is 0 Å². The van der Waals surface area contributed by atoms with Crippen LogP contribution in [0.2, 0.25) is 0 Å². The Balaban J connectivity index is 2.36. The Hall–Kier alpha value is -1.40. The zero-order valence-electron chi connectivity index (χ0n) is 11.8. The fourth-order valence-electron chi connectivity index (χ4n) is 2.65. The van der Waals surface area contributed by atoms with Crippen LogP contribution in [0.25, 0.3) is 0 Å². The summed E-state index contributed by atoms with van der Waals surface area (Å²) in [6, 6.07) is 4.89. The topological polar surface area (TPSA) is 80.5 Å². The number of likely N-dealkylation sites (tertiary alicyclic amines) is 1. The summed E-state index contributed by atoms with van der Waals surface area (Å²) in [4.78, 5) is 14.4. The lowest BCUT2D eigenvalue weighted by Crippen LogP contribution is -2.39. The minimum absolute atomic E-state index is 0.0606. The first-order chi connectivity index (χ1) is 9.34. The molecule has 110 valence electrons. The molecule has 0 aliphatic carbocycles. The molecule has 0 bridgehead atoms. The van der Waals surface area contributed by atoms with E-state index in [2.05, 4.69) is 0 Å². The third kappa shape index (κ3) is 2.86. The predicted molar refractivity (Wildman–Crippen MR) is 77.4 cm³/mol. The number of nitrogens with two attached hydrogens (primary N) is 1. The normalized spacial score (nSPS) is 19.4. The number of amides is 1. The molecule has 1 atom stereocenters. The lowest BCUT2D eigenvalue weighted by molar-refractivity contribution is 0.0741. The highest BCUT2D eigenvalue weighted by molar-refractivity contribution is 7.90. The minimum Gasteiger partial charge on any atom is -0.334 e. The molecule has 1 amide bonds. The molecule has 5 nitrogen and oxygen atoms in total. The number of benzene rings is 1. The van der Waals surface area contributed by atoms with Crippen LogP contribution in [-0.4, -0.2) is 44.6 Å². The highest BCUT2D eigenvalue weighted by atomic mass is 32.2. The average molecular weight is 296 g/mol. The van der Waals surface area contributed by atoms with Gasteiger partial charge in [-0.2, -0.15) is 0 Å². The van der Waals surface area contributed by atoms with Gasteiger partial charge < -0.3 is 10.6 Å². The molecule has 1 heterocycles. The zero-order chi connectivity index (χ0) is 14.9. The number of nitrogens with zero attached hydrogens (tertiary/aromatic N) is 1. The van der Waals surface area contributed by atoms with Crippen LogP contribution in [0.4, 0.5) is 0 Å². The van der Waals surface area contributed by atoms with Crippen molar-refractivity contribution in [2.24, 2.45) is 5.73 Å². The van der Waals surface area contributed by atoms with Crippen molar-refractivity contribution >= 4 is 15.7 Å². The van der Waals surface area contributed by atoms with Crippen LogP contribution >= 0.6 is 0 Å². The van der Waals surface area contributed by atoms with Gasteiger partial charge >= 0.3 is 0 Å². The van der Waals surface area contributed by atoms with Gasteiger partial charge in [0.2, 0.25) is 0 Å². The number of rotatable bonds is 3. The predicted octanol–water partition coefficient (Wildman–Crippen LogP) is 0.962. The Bertz CT molecular complexity index is 625. The summed E-state index contributed by atoms with van der Waals surface area (Å²) < 4.78 is 23.5. The second-order valence-electron chi connectivity index (χ2n) is 5.28. The van der Waals surface area contributed by atoms with Gasteiger partial charge in [0.15, 0.2) is 9.84 Å². The Morgan fingerprint density at radius 1 is 1.45 bits per heavy atom. The quantitative estimate of drug-likeness (QED) is 0.901. The van der Waals surface area contributed by atoms with Gasteiger partial charge in [-0.25, -0.2) is 8.42 Å². The summed E-state index contributed by atoms with van der Waals surface area (Å²) in [6.45, 7) is 2.85. The van der Waals surface area contributed by atoms with Crippen LogP contribution in [0.15, 0.2) is 23.1 Å². The van der Waals surface area contributed by atoms with Gasteiger partial charge in [0.05, 0.1) is 4.90 Å². The van der Waals surface area contributed by atoms with E-state index in [4.69, 9.17) is 5.73 Å². The van der Waals surface area contributed by atoms with Gasteiger partial charge in [-0.1, -0.05) is 6.07 Å². The second-order valence-corrected chi connectivity index (χ2v) is 7.27. The van der Waals surface area contributed by atoms with E-state index in [0.717, 1.165) is 19.1 Å². The fraction of sp³-hybridized carbons (Fsp3) is 0.500. The molecular weight excluding hydrogens is 276 g/mol. The van der Waals surface area contributed by atoms with E-state index >= 15 is 0 Å². The van der Waals surface area contributed by atoms with Gasteiger partial charge in [0.25, 0.3) is 5.91 Å². The molecule has 1 fully saturated rings. The number of carbonyl (C=O) groups is 1. The van der Waals surface area contributed by atoms with Crippen LogP contribution in [0.5, 0.6) is 0 Å². The maximum absolute atomic E-state index is 12.5. The molecule has 1 aromatic carbocycles. The summed E-state index contributed by atoms with van der Waals surface area (Å²) >= 11 is 0. The number of carbonyl (C=O) groups excluding carboxylic acids is 1. The Morgan fingerprint density at radius 3 is 2.75 bits per heavy atom. The molecule has 1 aliphatic rings. The average Bonchev–Trinajstić information content (AvgIpc) is 2.85. The second kappa shape index (κ2) is 5.54. The van der Waals surface area contributed by atoms with Crippen molar-refractivity contribution in [3.63, 3.8) is 0 Å². The van der Waals surface area contributed by atoms with Crippen molar-refractivity contribution in [1.29, 1.82) is 0 Å². The number of hydrogen-bond acceptors (Lipinski definition) is 4. The lowest BCUT2D eigenvalue weighted by Gasteiger charge is -2.23. The van der Waals surface area contributed by atoms with E-state index in [-0.39, 0.29) is 16.8 Å². The third-order valence-corrected chi connectivity index (χ3v) is 4.98.